The van der Waals surface area contributed by atoms with Crippen LogP contribution in [-0.2, 0) is 10.0 Å². The average Bonchev–Trinajstić information content (AvgIpc) is 2.92. The molecular weight excluding hydrogens is 456 g/mol. The van der Waals surface area contributed by atoms with Crippen LogP contribution >= 0.6 is 0 Å². The highest BCUT2D eigenvalue weighted by molar-refractivity contribution is 7.92. The second-order valence-electron chi connectivity index (χ2n) is 8.25. The number of hydrogen-bond acceptors (Lipinski definition) is 3. The van der Waals surface area contributed by atoms with Crippen molar-refractivity contribution in [2.75, 3.05) is 17.9 Å². The van der Waals surface area contributed by atoms with Crippen molar-refractivity contribution in [3.8, 4) is 0 Å². The highest BCUT2D eigenvalue weighted by Gasteiger charge is 2.22. The average molecular weight is 485 g/mol. The molecule has 0 radical (unpaired) electrons. The summed E-state index contributed by atoms with van der Waals surface area (Å²) in [5.74, 6) is -0.159. The maximum atomic E-state index is 13.1. The molecule has 0 aliphatic heterocycles. The first-order chi connectivity index (χ1) is 17.0. The lowest BCUT2D eigenvalue weighted by molar-refractivity contribution is 0.0952. The number of amides is 1. The number of nitrogens with one attached hydrogen (secondary N) is 1. The Bertz CT molecular complexity index is 1320. The Morgan fingerprint density at radius 3 is 1.89 bits per heavy atom. The van der Waals surface area contributed by atoms with E-state index in [1.54, 1.807) is 36.4 Å². The number of anilines is 1. The molecule has 178 valence electrons. The van der Waals surface area contributed by atoms with Gasteiger partial charge in [-0.2, -0.15) is 0 Å². The minimum absolute atomic E-state index is 0.0722. The first-order valence-electron chi connectivity index (χ1n) is 11.5. The Labute approximate surface area is 207 Å². The van der Waals surface area contributed by atoms with Gasteiger partial charge in [0.15, 0.2) is 0 Å². The predicted octanol–water partition coefficient (Wildman–Crippen LogP) is 5.46. The van der Waals surface area contributed by atoms with E-state index < -0.39 is 10.0 Å². The van der Waals surface area contributed by atoms with Crippen LogP contribution in [0.1, 0.15) is 33.8 Å². The van der Waals surface area contributed by atoms with Crippen molar-refractivity contribution in [3.63, 3.8) is 0 Å². The van der Waals surface area contributed by atoms with Crippen molar-refractivity contribution in [2.24, 2.45) is 0 Å². The molecule has 6 heteroatoms. The van der Waals surface area contributed by atoms with Gasteiger partial charge in [-0.15, -0.1) is 0 Å². The molecule has 0 atom stereocenters. The zero-order valence-corrected chi connectivity index (χ0v) is 20.4. The van der Waals surface area contributed by atoms with Crippen molar-refractivity contribution in [1.29, 1.82) is 0 Å². The summed E-state index contributed by atoms with van der Waals surface area (Å²) in [7, 11) is -2.30. The van der Waals surface area contributed by atoms with Crippen LogP contribution in [0.15, 0.2) is 120 Å². The molecule has 0 saturated heterocycles. The van der Waals surface area contributed by atoms with Gasteiger partial charge in [-0.3, -0.25) is 9.10 Å². The molecule has 4 aromatic rings. The molecule has 4 aromatic carbocycles. The third-order valence-corrected chi connectivity index (χ3v) is 7.78. The quantitative estimate of drug-likeness (QED) is 0.343. The highest BCUT2D eigenvalue weighted by atomic mass is 32.2. The first-order valence-corrected chi connectivity index (χ1v) is 12.9. The number of rotatable bonds is 9. The van der Waals surface area contributed by atoms with Crippen molar-refractivity contribution in [3.05, 3.63) is 132 Å². The molecule has 0 aliphatic rings. The summed E-state index contributed by atoms with van der Waals surface area (Å²) in [6.07, 6.45) is 0.717. The molecule has 0 unspecified atom stereocenters. The van der Waals surface area contributed by atoms with E-state index in [1.165, 1.54) is 34.6 Å². The molecule has 0 heterocycles. The van der Waals surface area contributed by atoms with Crippen LogP contribution in [0, 0.1) is 0 Å². The highest BCUT2D eigenvalue weighted by Crippen LogP contribution is 2.27. The van der Waals surface area contributed by atoms with Crippen molar-refractivity contribution < 1.29 is 13.2 Å². The van der Waals surface area contributed by atoms with Gasteiger partial charge >= 0.3 is 0 Å². The zero-order valence-electron chi connectivity index (χ0n) is 19.5. The van der Waals surface area contributed by atoms with E-state index in [-0.39, 0.29) is 16.7 Å². The summed E-state index contributed by atoms with van der Waals surface area (Å²) in [6.45, 7) is 0.453. The van der Waals surface area contributed by atoms with E-state index in [0.29, 0.717) is 24.2 Å². The number of sulfonamides is 1. The Balaban J connectivity index is 1.46. The van der Waals surface area contributed by atoms with Crippen LogP contribution in [0.4, 0.5) is 5.69 Å². The van der Waals surface area contributed by atoms with Gasteiger partial charge in [0.2, 0.25) is 0 Å². The van der Waals surface area contributed by atoms with E-state index in [1.807, 2.05) is 42.5 Å². The third-order valence-electron chi connectivity index (χ3n) is 6.00. The van der Waals surface area contributed by atoms with Gasteiger partial charge in [0, 0.05) is 25.1 Å². The molecule has 1 amide bonds. The number of carbonyl (C=O) groups excluding carboxylic acids is 1. The standard InChI is InChI=1S/C29H28N2O3S/c1-31(26-17-9-4-10-18-26)35(33,34)27-19-11-16-25(22-27)29(32)30-21-20-28(23-12-5-2-6-13-23)24-14-7-3-8-15-24/h2-19,22,28H,20-21H2,1H3,(H,30,32). The van der Waals surface area contributed by atoms with E-state index in [0.717, 1.165) is 0 Å². The van der Waals surface area contributed by atoms with Crippen LogP contribution in [0.2, 0.25) is 0 Å². The predicted molar refractivity (Wildman–Crippen MR) is 140 cm³/mol. The van der Waals surface area contributed by atoms with Gasteiger partial charge in [-0.05, 0) is 47.9 Å². The maximum absolute atomic E-state index is 13.1. The normalized spacial score (nSPS) is 11.3. The number of nitrogens with zero attached hydrogens (tertiary/aromatic N) is 1. The summed E-state index contributed by atoms with van der Waals surface area (Å²) in [6, 6.07) is 35.4. The molecule has 1 N–H and O–H groups in total. The summed E-state index contributed by atoms with van der Waals surface area (Å²) in [4.78, 5) is 13.0. The molecular formula is C29H28N2O3S. The fourth-order valence-electron chi connectivity index (χ4n) is 4.06. The smallest absolute Gasteiger partial charge is 0.264 e. The molecule has 0 aromatic heterocycles. The summed E-state index contributed by atoms with van der Waals surface area (Å²) in [5.41, 5.74) is 3.23. The van der Waals surface area contributed by atoms with Crippen molar-refractivity contribution >= 4 is 21.6 Å². The second kappa shape index (κ2) is 11.0. The number of hydrogen-bond donors (Lipinski definition) is 1. The van der Waals surface area contributed by atoms with Crippen LogP contribution in [-0.4, -0.2) is 27.9 Å². The molecule has 4 rings (SSSR count). The van der Waals surface area contributed by atoms with Crippen LogP contribution in [0.5, 0.6) is 0 Å². The summed E-state index contributed by atoms with van der Waals surface area (Å²) < 4.78 is 27.5. The zero-order chi connectivity index (χ0) is 24.7. The van der Waals surface area contributed by atoms with E-state index in [2.05, 4.69) is 29.6 Å². The number of para-hydroxylation sites is 1. The van der Waals surface area contributed by atoms with Crippen molar-refractivity contribution in [1.82, 2.24) is 5.32 Å². The monoisotopic (exact) mass is 484 g/mol. The number of carbonyl (C=O) groups is 1. The fraction of sp³-hybridized carbons (Fsp3) is 0.138. The van der Waals surface area contributed by atoms with Crippen molar-refractivity contribution in [2.45, 2.75) is 17.2 Å². The maximum Gasteiger partial charge on any atom is 0.264 e. The lowest BCUT2D eigenvalue weighted by Crippen LogP contribution is -2.28. The Morgan fingerprint density at radius 1 is 0.771 bits per heavy atom. The minimum atomic E-state index is -3.80. The molecule has 0 bridgehead atoms. The van der Waals surface area contributed by atoms with Crippen LogP contribution in [0.25, 0.3) is 0 Å². The third kappa shape index (κ3) is 5.78. The van der Waals surface area contributed by atoms with Gasteiger partial charge < -0.3 is 5.32 Å². The number of benzene rings is 4. The van der Waals surface area contributed by atoms with E-state index in [9.17, 15) is 13.2 Å². The Morgan fingerprint density at radius 2 is 1.31 bits per heavy atom. The SMILES string of the molecule is CN(c1ccccc1)S(=O)(=O)c1cccc(C(=O)NCCC(c2ccccc2)c2ccccc2)c1. The lowest BCUT2D eigenvalue weighted by Gasteiger charge is -2.20. The van der Waals surface area contributed by atoms with E-state index in [4.69, 9.17) is 0 Å². The topological polar surface area (TPSA) is 66.5 Å². The Hall–Kier alpha value is -3.90. The van der Waals surface area contributed by atoms with Gasteiger partial charge in [-0.25, -0.2) is 8.42 Å². The first kappa shape index (κ1) is 24.2. The Kier molecular flexibility index (Phi) is 7.63. The van der Waals surface area contributed by atoms with E-state index >= 15 is 0 Å². The van der Waals surface area contributed by atoms with Gasteiger partial charge in [0.25, 0.3) is 15.9 Å². The van der Waals surface area contributed by atoms with Gasteiger partial charge in [-0.1, -0.05) is 84.9 Å². The fourth-order valence-corrected chi connectivity index (χ4v) is 5.30. The van der Waals surface area contributed by atoms with Gasteiger partial charge in [0.1, 0.15) is 0 Å². The molecule has 0 aliphatic carbocycles. The van der Waals surface area contributed by atoms with Crippen LogP contribution < -0.4 is 9.62 Å². The minimum Gasteiger partial charge on any atom is -0.352 e. The molecule has 35 heavy (non-hydrogen) atoms. The van der Waals surface area contributed by atoms with Gasteiger partial charge in [0.05, 0.1) is 10.6 Å². The molecule has 0 fully saturated rings. The molecule has 5 nitrogen and oxygen atoms in total. The van der Waals surface area contributed by atoms with Crippen LogP contribution in [0.3, 0.4) is 0 Å². The summed E-state index contributed by atoms with van der Waals surface area (Å²) in [5, 5.41) is 2.96. The second-order valence-corrected chi connectivity index (χ2v) is 10.2. The largest absolute Gasteiger partial charge is 0.352 e. The molecule has 0 spiro atoms. The molecule has 0 saturated carbocycles. The lowest BCUT2D eigenvalue weighted by atomic mass is 9.88. The summed E-state index contributed by atoms with van der Waals surface area (Å²) >= 11 is 0.